The molecule has 0 atom stereocenters. The lowest BCUT2D eigenvalue weighted by Gasteiger charge is -2.11. The number of carbonyl (C=O) groups is 1. The fourth-order valence-corrected chi connectivity index (χ4v) is 2.94. The Hall–Kier alpha value is -2.61. The number of para-hydroxylation sites is 1. The number of hydrogen-bond donors (Lipinski definition) is 1. The van der Waals surface area contributed by atoms with E-state index in [9.17, 15) is 4.79 Å². The van der Waals surface area contributed by atoms with Crippen molar-refractivity contribution in [2.75, 3.05) is 11.1 Å². The molecule has 124 valence electrons. The van der Waals surface area contributed by atoms with Crippen molar-refractivity contribution in [3.05, 3.63) is 53.5 Å². The molecular weight excluding hydrogens is 326 g/mol. The number of furan rings is 1. The normalized spacial score (nSPS) is 10.8. The van der Waals surface area contributed by atoms with Gasteiger partial charge < -0.3 is 9.73 Å². The smallest absolute Gasteiger partial charge is 0.234 e. The second-order valence-corrected chi connectivity index (χ2v) is 6.24. The molecule has 0 aliphatic heterocycles. The Kier molecular flexibility index (Phi) is 4.95. The molecular formula is C16H17N5O2S. The van der Waals surface area contributed by atoms with Gasteiger partial charge in [0.15, 0.2) is 0 Å². The highest BCUT2D eigenvalue weighted by molar-refractivity contribution is 7.99. The zero-order chi connectivity index (χ0) is 16.9. The van der Waals surface area contributed by atoms with Crippen LogP contribution < -0.4 is 5.32 Å². The molecule has 0 saturated heterocycles. The second kappa shape index (κ2) is 7.31. The van der Waals surface area contributed by atoms with Crippen LogP contribution in [-0.4, -0.2) is 31.9 Å². The van der Waals surface area contributed by atoms with E-state index < -0.39 is 0 Å². The molecule has 0 aliphatic rings. The zero-order valence-corrected chi connectivity index (χ0v) is 14.2. The van der Waals surface area contributed by atoms with Crippen molar-refractivity contribution in [3.63, 3.8) is 0 Å². The van der Waals surface area contributed by atoms with Gasteiger partial charge in [-0.15, -0.1) is 5.10 Å². The first kappa shape index (κ1) is 16.3. The van der Waals surface area contributed by atoms with Gasteiger partial charge in [0.1, 0.15) is 12.3 Å². The minimum Gasteiger partial charge on any atom is -0.467 e. The molecule has 0 aliphatic carbocycles. The first-order valence-corrected chi connectivity index (χ1v) is 8.39. The largest absolute Gasteiger partial charge is 0.467 e. The van der Waals surface area contributed by atoms with Gasteiger partial charge in [0.05, 0.1) is 12.0 Å². The highest BCUT2D eigenvalue weighted by Crippen LogP contribution is 2.21. The van der Waals surface area contributed by atoms with Crippen LogP contribution in [0.3, 0.4) is 0 Å². The number of carbonyl (C=O) groups excluding carboxylic acids is 1. The number of thioether (sulfide) groups is 1. The van der Waals surface area contributed by atoms with Crippen LogP contribution in [0.4, 0.5) is 5.69 Å². The van der Waals surface area contributed by atoms with Crippen LogP contribution in [0.5, 0.6) is 0 Å². The third-order valence-corrected chi connectivity index (χ3v) is 4.42. The van der Waals surface area contributed by atoms with E-state index in [1.165, 1.54) is 11.8 Å². The maximum atomic E-state index is 12.2. The summed E-state index contributed by atoms with van der Waals surface area (Å²) in [5, 5.41) is 15.1. The van der Waals surface area contributed by atoms with E-state index in [2.05, 4.69) is 20.8 Å². The summed E-state index contributed by atoms with van der Waals surface area (Å²) in [5.41, 5.74) is 2.94. The molecule has 7 nitrogen and oxygen atoms in total. The number of amides is 1. The Morgan fingerprint density at radius 2 is 2.04 bits per heavy atom. The molecule has 3 rings (SSSR count). The predicted octanol–water partition coefficient (Wildman–Crippen LogP) is 2.66. The van der Waals surface area contributed by atoms with E-state index in [1.54, 1.807) is 10.9 Å². The molecule has 1 aromatic carbocycles. The molecule has 1 amide bonds. The van der Waals surface area contributed by atoms with Crippen LogP contribution in [0.15, 0.2) is 46.2 Å². The van der Waals surface area contributed by atoms with Gasteiger partial charge in [-0.05, 0) is 47.5 Å². The maximum Gasteiger partial charge on any atom is 0.234 e. The average Bonchev–Trinajstić information content (AvgIpc) is 3.21. The lowest BCUT2D eigenvalue weighted by atomic mass is 10.1. The van der Waals surface area contributed by atoms with Gasteiger partial charge in [-0.1, -0.05) is 30.0 Å². The first-order valence-electron chi connectivity index (χ1n) is 7.41. The van der Waals surface area contributed by atoms with Crippen molar-refractivity contribution in [2.24, 2.45) is 0 Å². The fourth-order valence-electron chi connectivity index (χ4n) is 2.27. The van der Waals surface area contributed by atoms with E-state index >= 15 is 0 Å². The molecule has 24 heavy (non-hydrogen) atoms. The molecule has 0 fully saturated rings. The number of benzene rings is 1. The summed E-state index contributed by atoms with van der Waals surface area (Å²) in [4.78, 5) is 12.2. The summed E-state index contributed by atoms with van der Waals surface area (Å²) >= 11 is 1.29. The highest BCUT2D eigenvalue weighted by Gasteiger charge is 2.12. The monoisotopic (exact) mass is 343 g/mol. The Labute approximate surface area is 143 Å². The molecule has 0 saturated carbocycles. The number of aromatic nitrogens is 4. The molecule has 0 bridgehead atoms. The van der Waals surface area contributed by atoms with Crippen LogP contribution in [0.25, 0.3) is 0 Å². The van der Waals surface area contributed by atoms with E-state index in [0.29, 0.717) is 11.7 Å². The van der Waals surface area contributed by atoms with Crippen molar-refractivity contribution in [1.29, 1.82) is 0 Å². The number of anilines is 1. The number of hydrogen-bond acceptors (Lipinski definition) is 6. The third-order valence-electron chi connectivity index (χ3n) is 3.46. The molecule has 3 aromatic rings. The van der Waals surface area contributed by atoms with Crippen LogP contribution >= 0.6 is 11.8 Å². The van der Waals surface area contributed by atoms with Crippen LogP contribution in [0.2, 0.25) is 0 Å². The summed E-state index contributed by atoms with van der Waals surface area (Å²) in [7, 11) is 0. The standard InChI is InChI=1S/C16H17N5O2S/c1-11-5-3-6-12(2)15(11)17-14(22)10-24-16-18-19-20-21(16)9-13-7-4-8-23-13/h3-8H,9-10H2,1-2H3,(H,17,22). The van der Waals surface area contributed by atoms with Gasteiger partial charge >= 0.3 is 0 Å². The molecule has 1 N–H and O–H groups in total. The molecule has 0 unspecified atom stereocenters. The van der Waals surface area contributed by atoms with Crippen molar-refractivity contribution >= 4 is 23.4 Å². The number of aryl methyl sites for hydroxylation is 2. The van der Waals surface area contributed by atoms with Crippen molar-refractivity contribution in [2.45, 2.75) is 25.5 Å². The van der Waals surface area contributed by atoms with Gasteiger partial charge in [-0.3, -0.25) is 4.79 Å². The molecule has 0 spiro atoms. The Bertz CT molecular complexity index is 809. The molecule has 2 heterocycles. The van der Waals surface area contributed by atoms with E-state index in [1.807, 2.05) is 44.2 Å². The number of nitrogens with one attached hydrogen (secondary N) is 1. The highest BCUT2D eigenvalue weighted by atomic mass is 32.2. The van der Waals surface area contributed by atoms with Gasteiger partial charge in [-0.2, -0.15) is 0 Å². The van der Waals surface area contributed by atoms with Crippen LogP contribution in [-0.2, 0) is 11.3 Å². The van der Waals surface area contributed by atoms with Crippen molar-refractivity contribution in [1.82, 2.24) is 20.2 Å². The van der Waals surface area contributed by atoms with E-state index in [-0.39, 0.29) is 11.7 Å². The average molecular weight is 343 g/mol. The molecule has 8 heteroatoms. The molecule has 0 radical (unpaired) electrons. The summed E-state index contributed by atoms with van der Waals surface area (Å²) in [5.74, 6) is 0.890. The fraction of sp³-hybridized carbons (Fsp3) is 0.250. The van der Waals surface area contributed by atoms with Gasteiger partial charge in [0, 0.05) is 5.69 Å². The lowest BCUT2D eigenvalue weighted by molar-refractivity contribution is -0.113. The first-order chi connectivity index (χ1) is 11.6. The van der Waals surface area contributed by atoms with Crippen LogP contribution in [0.1, 0.15) is 16.9 Å². The lowest BCUT2D eigenvalue weighted by Crippen LogP contribution is -2.16. The van der Waals surface area contributed by atoms with Crippen molar-refractivity contribution < 1.29 is 9.21 Å². The van der Waals surface area contributed by atoms with E-state index in [0.717, 1.165) is 22.6 Å². The van der Waals surface area contributed by atoms with E-state index in [4.69, 9.17) is 4.42 Å². The zero-order valence-electron chi connectivity index (χ0n) is 13.4. The van der Waals surface area contributed by atoms with Gasteiger partial charge in [0.25, 0.3) is 0 Å². The SMILES string of the molecule is Cc1cccc(C)c1NC(=O)CSc1nnnn1Cc1ccco1. The number of rotatable bonds is 6. The second-order valence-electron chi connectivity index (χ2n) is 5.30. The topological polar surface area (TPSA) is 85.8 Å². The summed E-state index contributed by atoms with van der Waals surface area (Å²) in [6.07, 6.45) is 1.60. The minimum atomic E-state index is -0.0926. The van der Waals surface area contributed by atoms with Crippen LogP contribution in [0, 0.1) is 13.8 Å². The van der Waals surface area contributed by atoms with Gasteiger partial charge in [-0.25, -0.2) is 4.68 Å². The Morgan fingerprint density at radius 1 is 1.25 bits per heavy atom. The third kappa shape index (κ3) is 3.83. The molecule has 2 aromatic heterocycles. The predicted molar refractivity (Wildman–Crippen MR) is 90.9 cm³/mol. The van der Waals surface area contributed by atoms with Crippen molar-refractivity contribution in [3.8, 4) is 0 Å². The Balaban J connectivity index is 1.60. The number of nitrogens with zero attached hydrogens (tertiary/aromatic N) is 4. The quantitative estimate of drug-likeness (QED) is 0.693. The van der Waals surface area contributed by atoms with Gasteiger partial charge in [0.2, 0.25) is 11.1 Å². The Morgan fingerprint density at radius 3 is 2.75 bits per heavy atom. The summed E-state index contributed by atoms with van der Waals surface area (Å²) in [6, 6.07) is 9.57. The maximum absolute atomic E-state index is 12.2. The summed E-state index contributed by atoms with van der Waals surface area (Å²) in [6.45, 7) is 4.38. The number of tetrazole rings is 1. The minimum absolute atomic E-state index is 0.0926. The summed E-state index contributed by atoms with van der Waals surface area (Å²) < 4.78 is 6.89.